The van der Waals surface area contributed by atoms with Crippen molar-refractivity contribution in [3.05, 3.63) is 55.9 Å². The smallest absolute Gasteiger partial charge is 0.123 e. The number of thiophene rings is 1. The van der Waals surface area contributed by atoms with Crippen molar-refractivity contribution in [1.29, 1.82) is 0 Å². The van der Waals surface area contributed by atoms with Crippen molar-refractivity contribution < 1.29 is 9.50 Å². The Balaban J connectivity index is 2.18. The summed E-state index contributed by atoms with van der Waals surface area (Å²) >= 11 is 4.93. The van der Waals surface area contributed by atoms with Crippen LogP contribution in [-0.2, 0) is 6.42 Å². The van der Waals surface area contributed by atoms with Gasteiger partial charge in [0.15, 0.2) is 0 Å². The highest BCUT2D eigenvalue weighted by Gasteiger charge is 2.13. The maximum absolute atomic E-state index is 13.1. The van der Waals surface area contributed by atoms with Gasteiger partial charge in [-0.25, -0.2) is 4.39 Å². The molecule has 2 rings (SSSR count). The minimum atomic E-state index is -0.577. The number of hydrogen-bond donors (Lipinski definition) is 1. The molecule has 17 heavy (non-hydrogen) atoms. The van der Waals surface area contributed by atoms with Gasteiger partial charge in [-0.1, -0.05) is 15.9 Å². The Morgan fingerprint density at radius 1 is 1.35 bits per heavy atom. The maximum Gasteiger partial charge on any atom is 0.123 e. The summed E-state index contributed by atoms with van der Waals surface area (Å²) in [7, 11) is 0. The number of aliphatic hydroxyl groups is 1. The highest BCUT2D eigenvalue weighted by atomic mass is 79.9. The molecule has 1 atom stereocenters. The van der Waals surface area contributed by atoms with E-state index in [1.54, 1.807) is 17.4 Å². The van der Waals surface area contributed by atoms with Gasteiger partial charge < -0.3 is 5.11 Å². The van der Waals surface area contributed by atoms with Gasteiger partial charge in [-0.05, 0) is 42.8 Å². The van der Waals surface area contributed by atoms with E-state index in [1.165, 1.54) is 12.1 Å². The van der Waals surface area contributed by atoms with Crippen molar-refractivity contribution in [2.45, 2.75) is 19.4 Å². The molecule has 1 heterocycles. The Kier molecular flexibility index (Phi) is 3.97. The average Bonchev–Trinajstić information content (AvgIpc) is 2.70. The van der Waals surface area contributed by atoms with E-state index in [9.17, 15) is 9.50 Å². The first kappa shape index (κ1) is 12.7. The molecule has 0 aliphatic carbocycles. The van der Waals surface area contributed by atoms with Crippen molar-refractivity contribution in [1.82, 2.24) is 0 Å². The minimum absolute atomic E-state index is 0.280. The predicted molar refractivity (Wildman–Crippen MR) is 71.8 cm³/mol. The van der Waals surface area contributed by atoms with Crippen LogP contribution in [0.15, 0.2) is 34.8 Å². The van der Waals surface area contributed by atoms with Crippen LogP contribution in [0, 0.1) is 12.7 Å². The zero-order valence-electron chi connectivity index (χ0n) is 9.28. The van der Waals surface area contributed by atoms with E-state index < -0.39 is 6.10 Å². The molecule has 0 radical (unpaired) electrons. The van der Waals surface area contributed by atoms with Gasteiger partial charge >= 0.3 is 0 Å². The summed E-state index contributed by atoms with van der Waals surface area (Å²) in [6, 6.07) is 8.40. The van der Waals surface area contributed by atoms with Gasteiger partial charge in [0.05, 0.1) is 6.10 Å². The standard InChI is InChI=1S/C13H12BrFOS/c1-8-2-5-13(17-8)12(16)7-9-6-10(15)3-4-11(9)14/h2-6,12,16H,7H2,1H3. The third-order valence-electron chi connectivity index (χ3n) is 2.51. The van der Waals surface area contributed by atoms with Gasteiger partial charge in [0, 0.05) is 20.6 Å². The van der Waals surface area contributed by atoms with E-state index in [4.69, 9.17) is 0 Å². The van der Waals surface area contributed by atoms with Gasteiger partial charge in [-0.3, -0.25) is 0 Å². The monoisotopic (exact) mass is 314 g/mol. The fraction of sp³-hybridized carbons (Fsp3) is 0.231. The predicted octanol–water partition coefficient (Wildman–Crippen LogP) is 4.23. The average molecular weight is 315 g/mol. The molecule has 1 N–H and O–H groups in total. The van der Waals surface area contributed by atoms with Crippen molar-refractivity contribution >= 4 is 27.3 Å². The first-order valence-corrected chi connectivity index (χ1v) is 6.85. The molecule has 0 amide bonds. The molecule has 1 aromatic carbocycles. The molecular formula is C13H12BrFOS. The van der Waals surface area contributed by atoms with Crippen molar-refractivity contribution in [3.63, 3.8) is 0 Å². The minimum Gasteiger partial charge on any atom is -0.387 e. The first-order valence-electron chi connectivity index (χ1n) is 5.24. The number of hydrogen-bond acceptors (Lipinski definition) is 2. The molecule has 0 bridgehead atoms. The Morgan fingerprint density at radius 2 is 2.12 bits per heavy atom. The lowest BCUT2D eigenvalue weighted by Crippen LogP contribution is -2.00. The molecule has 1 nitrogen and oxygen atoms in total. The van der Waals surface area contributed by atoms with Crippen LogP contribution < -0.4 is 0 Å². The number of halogens is 2. The summed E-state index contributed by atoms with van der Waals surface area (Å²) in [5, 5.41) is 10.1. The van der Waals surface area contributed by atoms with E-state index >= 15 is 0 Å². The second-order valence-corrected chi connectivity index (χ2v) is 6.08. The van der Waals surface area contributed by atoms with Crippen molar-refractivity contribution in [2.75, 3.05) is 0 Å². The summed E-state index contributed by atoms with van der Waals surface area (Å²) in [5.41, 5.74) is 0.781. The number of aryl methyl sites for hydroxylation is 1. The number of aliphatic hydroxyl groups excluding tert-OH is 1. The quantitative estimate of drug-likeness (QED) is 0.898. The van der Waals surface area contributed by atoms with Gasteiger partial charge in [0.2, 0.25) is 0 Å². The normalized spacial score (nSPS) is 12.7. The fourth-order valence-electron chi connectivity index (χ4n) is 1.64. The largest absolute Gasteiger partial charge is 0.387 e. The lowest BCUT2D eigenvalue weighted by Gasteiger charge is -2.10. The maximum atomic E-state index is 13.1. The van der Waals surface area contributed by atoms with Gasteiger partial charge in [-0.15, -0.1) is 11.3 Å². The molecular weight excluding hydrogens is 303 g/mol. The second-order valence-electron chi connectivity index (χ2n) is 3.90. The zero-order chi connectivity index (χ0) is 12.4. The SMILES string of the molecule is Cc1ccc(C(O)Cc2cc(F)ccc2Br)s1. The lowest BCUT2D eigenvalue weighted by molar-refractivity contribution is 0.182. The third kappa shape index (κ3) is 3.15. The fourth-order valence-corrected chi connectivity index (χ4v) is 2.91. The molecule has 0 fully saturated rings. The van der Waals surface area contributed by atoms with Crippen LogP contribution in [0.1, 0.15) is 21.4 Å². The molecule has 2 aromatic rings. The summed E-state index contributed by atoms with van der Waals surface area (Å²) in [4.78, 5) is 2.08. The Hall–Kier alpha value is -0.710. The summed E-state index contributed by atoms with van der Waals surface area (Å²) in [6.07, 6.45) is -0.162. The molecule has 90 valence electrons. The summed E-state index contributed by atoms with van der Waals surface area (Å²) < 4.78 is 13.9. The van der Waals surface area contributed by atoms with Crippen LogP contribution in [0.25, 0.3) is 0 Å². The van der Waals surface area contributed by atoms with E-state index in [2.05, 4.69) is 15.9 Å². The van der Waals surface area contributed by atoms with Gasteiger partial charge in [0.25, 0.3) is 0 Å². The van der Waals surface area contributed by atoms with Crippen LogP contribution >= 0.6 is 27.3 Å². The molecule has 1 unspecified atom stereocenters. The molecule has 4 heteroatoms. The van der Waals surface area contributed by atoms with Crippen molar-refractivity contribution in [2.24, 2.45) is 0 Å². The lowest BCUT2D eigenvalue weighted by atomic mass is 10.1. The zero-order valence-corrected chi connectivity index (χ0v) is 11.7. The van der Waals surface area contributed by atoms with Crippen LogP contribution in [0.4, 0.5) is 4.39 Å². The third-order valence-corrected chi connectivity index (χ3v) is 4.39. The highest BCUT2D eigenvalue weighted by Crippen LogP contribution is 2.28. The Bertz CT molecular complexity index is 524. The molecule has 0 saturated heterocycles. The van der Waals surface area contributed by atoms with Crippen LogP contribution in [0.5, 0.6) is 0 Å². The first-order chi connectivity index (χ1) is 8.06. The number of rotatable bonds is 3. The van der Waals surface area contributed by atoms with E-state index in [0.29, 0.717) is 6.42 Å². The molecule has 0 aliphatic rings. The summed E-state index contributed by atoms with van der Waals surface area (Å²) in [5.74, 6) is -0.280. The van der Waals surface area contributed by atoms with E-state index in [1.807, 2.05) is 19.1 Å². The highest BCUT2D eigenvalue weighted by molar-refractivity contribution is 9.10. The number of benzene rings is 1. The van der Waals surface area contributed by atoms with Crippen LogP contribution in [0.3, 0.4) is 0 Å². The second kappa shape index (κ2) is 5.29. The topological polar surface area (TPSA) is 20.2 Å². The summed E-state index contributed by atoms with van der Waals surface area (Å²) in [6.45, 7) is 2.00. The molecule has 0 saturated carbocycles. The van der Waals surface area contributed by atoms with Gasteiger partial charge in [0.1, 0.15) is 5.82 Å². The Morgan fingerprint density at radius 3 is 2.76 bits per heavy atom. The molecule has 0 spiro atoms. The van der Waals surface area contributed by atoms with E-state index in [-0.39, 0.29) is 5.82 Å². The van der Waals surface area contributed by atoms with Crippen molar-refractivity contribution in [3.8, 4) is 0 Å². The molecule has 0 aliphatic heterocycles. The van der Waals surface area contributed by atoms with Gasteiger partial charge in [-0.2, -0.15) is 0 Å². The Labute approximate surface area is 112 Å². The van der Waals surface area contributed by atoms with Crippen LogP contribution in [0.2, 0.25) is 0 Å². The van der Waals surface area contributed by atoms with Crippen LogP contribution in [-0.4, -0.2) is 5.11 Å². The van der Waals surface area contributed by atoms with E-state index in [0.717, 1.165) is 19.8 Å². The molecule has 1 aromatic heterocycles.